The molecule has 1 fully saturated rings. The van der Waals surface area contributed by atoms with Crippen molar-refractivity contribution in [3.63, 3.8) is 0 Å². The second kappa shape index (κ2) is 7.65. The molecule has 1 saturated heterocycles. The van der Waals surface area contributed by atoms with E-state index in [0.717, 1.165) is 47.5 Å². The highest BCUT2D eigenvalue weighted by molar-refractivity contribution is 6.30. The minimum atomic E-state index is 0.556. The van der Waals surface area contributed by atoms with Crippen molar-refractivity contribution in [3.8, 4) is 22.6 Å². The van der Waals surface area contributed by atoms with E-state index in [1.807, 2.05) is 49.6 Å². The summed E-state index contributed by atoms with van der Waals surface area (Å²) in [5.41, 5.74) is 3.59. The van der Waals surface area contributed by atoms with Crippen LogP contribution < -0.4 is 4.90 Å². The Morgan fingerprint density at radius 1 is 1.00 bits per heavy atom. The number of nitrogens with zero attached hydrogens (tertiary/aromatic N) is 7. The minimum Gasteiger partial charge on any atom is -0.341 e. The Balaban J connectivity index is 1.51. The van der Waals surface area contributed by atoms with Crippen LogP contribution in [0.4, 0.5) is 5.95 Å². The third-order valence-electron chi connectivity index (χ3n) is 5.69. The molecule has 0 aliphatic carbocycles. The molecular weight excluding hydrogens is 398 g/mol. The highest BCUT2D eigenvalue weighted by Gasteiger charge is 2.19. The smallest absolute Gasteiger partial charge is 0.252 e. The summed E-state index contributed by atoms with van der Waals surface area (Å²) < 4.78 is 1.77. The first-order chi connectivity index (χ1) is 14.6. The van der Waals surface area contributed by atoms with Gasteiger partial charge in [0.25, 0.3) is 5.78 Å². The molecular formula is C22H22ClN7. The second-order valence-electron chi connectivity index (χ2n) is 7.82. The van der Waals surface area contributed by atoms with Gasteiger partial charge in [0.15, 0.2) is 5.82 Å². The molecule has 5 rings (SSSR count). The summed E-state index contributed by atoms with van der Waals surface area (Å²) in [5.74, 6) is 2.71. The third-order valence-corrected chi connectivity index (χ3v) is 5.95. The molecule has 3 aromatic heterocycles. The van der Waals surface area contributed by atoms with Crippen molar-refractivity contribution >= 4 is 23.3 Å². The molecule has 0 atom stereocenters. The Labute approximate surface area is 179 Å². The first-order valence-electron chi connectivity index (χ1n) is 10.1. The SMILES string of the molecule is Cc1c(-c2ccnc(N3CCC(C)CC3)n2)cnc2nc(-c3ccc(Cl)cc3)nn12. The standard InChI is InChI=1S/C22H22ClN7/c1-14-8-11-29(12-9-14)21-24-10-7-19(26-21)18-13-25-22-27-20(28-30(22)15(18)2)16-3-5-17(23)6-4-16/h3-7,10,13-14H,8-9,11-12H2,1-2H3. The van der Waals surface area contributed by atoms with E-state index in [4.69, 9.17) is 16.6 Å². The van der Waals surface area contributed by atoms with Crippen LogP contribution in [0.1, 0.15) is 25.5 Å². The van der Waals surface area contributed by atoms with Gasteiger partial charge in [-0.15, -0.1) is 5.10 Å². The van der Waals surface area contributed by atoms with Crippen LogP contribution in [-0.4, -0.2) is 42.6 Å². The predicted molar refractivity (Wildman–Crippen MR) is 118 cm³/mol. The van der Waals surface area contributed by atoms with Gasteiger partial charge in [-0.1, -0.05) is 18.5 Å². The second-order valence-corrected chi connectivity index (χ2v) is 8.26. The molecule has 8 heteroatoms. The van der Waals surface area contributed by atoms with Gasteiger partial charge in [-0.2, -0.15) is 4.98 Å². The summed E-state index contributed by atoms with van der Waals surface area (Å²) in [6.07, 6.45) is 5.98. The lowest BCUT2D eigenvalue weighted by molar-refractivity contribution is 0.434. The van der Waals surface area contributed by atoms with Crippen LogP contribution in [-0.2, 0) is 0 Å². The van der Waals surface area contributed by atoms with Crippen LogP contribution in [0.15, 0.2) is 42.7 Å². The quantitative estimate of drug-likeness (QED) is 0.488. The Bertz CT molecular complexity index is 1190. The van der Waals surface area contributed by atoms with E-state index >= 15 is 0 Å². The Morgan fingerprint density at radius 2 is 1.77 bits per heavy atom. The van der Waals surface area contributed by atoms with Crippen molar-refractivity contribution in [1.82, 2.24) is 29.5 Å². The fourth-order valence-corrected chi connectivity index (χ4v) is 3.90. The number of aryl methyl sites for hydroxylation is 1. The van der Waals surface area contributed by atoms with E-state index < -0.39 is 0 Å². The van der Waals surface area contributed by atoms with Gasteiger partial charge in [-0.05, 0) is 56.0 Å². The highest BCUT2D eigenvalue weighted by Crippen LogP contribution is 2.26. The molecule has 0 amide bonds. The first kappa shape index (κ1) is 18.9. The Kier molecular flexibility index (Phi) is 4.83. The van der Waals surface area contributed by atoms with E-state index in [9.17, 15) is 0 Å². The van der Waals surface area contributed by atoms with Gasteiger partial charge < -0.3 is 4.90 Å². The molecule has 1 aliphatic rings. The summed E-state index contributed by atoms with van der Waals surface area (Å²) >= 11 is 5.99. The van der Waals surface area contributed by atoms with Gasteiger partial charge in [-0.3, -0.25) is 0 Å². The topological polar surface area (TPSA) is 72.1 Å². The zero-order valence-electron chi connectivity index (χ0n) is 17.0. The van der Waals surface area contributed by atoms with E-state index in [2.05, 4.69) is 31.9 Å². The Hall–Kier alpha value is -3.06. The molecule has 0 N–H and O–H groups in total. The lowest BCUT2D eigenvalue weighted by Gasteiger charge is -2.30. The van der Waals surface area contributed by atoms with Crippen LogP contribution in [0.2, 0.25) is 5.02 Å². The first-order valence-corrected chi connectivity index (χ1v) is 10.5. The molecule has 30 heavy (non-hydrogen) atoms. The predicted octanol–water partition coefficient (Wildman–Crippen LogP) is 4.45. The van der Waals surface area contributed by atoms with Crippen LogP contribution in [0.5, 0.6) is 0 Å². The largest absolute Gasteiger partial charge is 0.341 e. The summed E-state index contributed by atoms with van der Waals surface area (Å²) in [4.78, 5) is 20.7. The normalized spacial score (nSPS) is 15.1. The minimum absolute atomic E-state index is 0.556. The maximum atomic E-state index is 5.99. The maximum Gasteiger partial charge on any atom is 0.252 e. The maximum absolute atomic E-state index is 5.99. The summed E-state index contributed by atoms with van der Waals surface area (Å²) in [6.45, 7) is 6.30. The van der Waals surface area contributed by atoms with Crippen molar-refractivity contribution in [2.75, 3.05) is 18.0 Å². The molecule has 4 heterocycles. The molecule has 0 spiro atoms. The molecule has 0 radical (unpaired) electrons. The molecule has 4 aromatic rings. The van der Waals surface area contributed by atoms with Crippen molar-refractivity contribution in [2.45, 2.75) is 26.7 Å². The average Bonchev–Trinajstić information content (AvgIpc) is 3.20. The number of benzene rings is 1. The lowest BCUT2D eigenvalue weighted by atomic mass is 10.00. The van der Waals surface area contributed by atoms with Crippen molar-refractivity contribution in [2.24, 2.45) is 5.92 Å². The zero-order valence-corrected chi connectivity index (χ0v) is 17.7. The van der Waals surface area contributed by atoms with Gasteiger partial charge in [0.2, 0.25) is 5.95 Å². The number of fused-ring (bicyclic) bond motifs is 1. The fraction of sp³-hybridized carbons (Fsp3) is 0.318. The Morgan fingerprint density at radius 3 is 2.53 bits per heavy atom. The van der Waals surface area contributed by atoms with E-state index in [1.165, 1.54) is 12.8 Å². The van der Waals surface area contributed by atoms with Crippen LogP contribution in [0, 0.1) is 12.8 Å². The molecule has 1 aromatic carbocycles. The summed E-state index contributed by atoms with van der Waals surface area (Å²) in [5, 5.41) is 5.35. The summed E-state index contributed by atoms with van der Waals surface area (Å²) in [7, 11) is 0. The van der Waals surface area contributed by atoms with Crippen molar-refractivity contribution < 1.29 is 0 Å². The van der Waals surface area contributed by atoms with Gasteiger partial charge >= 0.3 is 0 Å². The van der Waals surface area contributed by atoms with Gasteiger partial charge in [-0.25, -0.2) is 19.5 Å². The van der Waals surface area contributed by atoms with E-state index in [0.29, 0.717) is 16.6 Å². The molecule has 152 valence electrons. The van der Waals surface area contributed by atoms with Crippen molar-refractivity contribution in [3.05, 3.63) is 53.4 Å². The number of hydrogen-bond acceptors (Lipinski definition) is 6. The van der Waals surface area contributed by atoms with Crippen LogP contribution in [0.3, 0.4) is 0 Å². The molecule has 1 aliphatic heterocycles. The number of halogens is 1. The third kappa shape index (κ3) is 3.50. The number of hydrogen-bond donors (Lipinski definition) is 0. The van der Waals surface area contributed by atoms with Crippen LogP contribution in [0.25, 0.3) is 28.4 Å². The monoisotopic (exact) mass is 419 g/mol. The number of rotatable bonds is 3. The summed E-state index contributed by atoms with van der Waals surface area (Å²) in [6, 6.07) is 9.39. The van der Waals surface area contributed by atoms with Crippen molar-refractivity contribution in [1.29, 1.82) is 0 Å². The number of aromatic nitrogens is 6. The zero-order chi connectivity index (χ0) is 20.7. The lowest BCUT2D eigenvalue weighted by Crippen LogP contribution is -2.34. The highest BCUT2D eigenvalue weighted by atomic mass is 35.5. The fourth-order valence-electron chi connectivity index (χ4n) is 3.77. The van der Waals surface area contributed by atoms with E-state index in [-0.39, 0.29) is 0 Å². The van der Waals surface area contributed by atoms with E-state index in [1.54, 1.807) is 4.52 Å². The molecule has 0 saturated carbocycles. The van der Waals surface area contributed by atoms with Crippen LogP contribution >= 0.6 is 11.6 Å². The molecule has 0 unspecified atom stereocenters. The van der Waals surface area contributed by atoms with Gasteiger partial charge in [0.05, 0.1) is 11.4 Å². The average molecular weight is 420 g/mol. The van der Waals surface area contributed by atoms with Gasteiger partial charge in [0.1, 0.15) is 0 Å². The number of piperidine rings is 1. The van der Waals surface area contributed by atoms with Gasteiger partial charge in [0, 0.05) is 41.6 Å². The number of anilines is 1. The molecule has 7 nitrogen and oxygen atoms in total. The molecule has 0 bridgehead atoms.